The van der Waals surface area contributed by atoms with Crippen LogP contribution in [0.1, 0.15) is 33.1 Å². The van der Waals surface area contributed by atoms with Crippen molar-refractivity contribution in [3.63, 3.8) is 0 Å². The molecule has 1 aliphatic heterocycles. The molecule has 1 aliphatic rings. The molecule has 1 fully saturated rings. The predicted molar refractivity (Wildman–Crippen MR) is 91.7 cm³/mol. The Balaban J connectivity index is 2.33. The van der Waals surface area contributed by atoms with Gasteiger partial charge in [-0.2, -0.15) is 4.31 Å². The largest absolute Gasteiger partial charge is 0.273 e. The molecule has 1 amide bonds. The number of nitrogens with zero attached hydrogens (tertiary/aromatic N) is 2. The standard InChI is InChI=1S/C15H22N2O5S2/c1-3-10-16(11-4-2)24(21,22)14-7-5-13(6-8-14)17-15(18)9-12-23(17,19)20/h5-8H,3-4,9-12H2,1-2H3. The van der Waals surface area contributed by atoms with Crippen LogP contribution in [0.25, 0.3) is 0 Å². The number of benzene rings is 1. The van der Waals surface area contributed by atoms with Crippen molar-refractivity contribution in [1.29, 1.82) is 0 Å². The number of sulfonamides is 2. The SMILES string of the molecule is CCCN(CCC)S(=O)(=O)c1ccc(N2C(=O)CCS2(=O)=O)cc1. The van der Waals surface area contributed by atoms with E-state index in [1.165, 1.54) is 28.6 Å². The Hall–Kier alpha value is -1.45. The Bertz CT molecular complexity index is 795. The third kappa shape index (κ3) is 3.62. The zero-order valence-electron chi connectivity index (χ0n) is 13.8. The van der Waals surface area contributed by atoms with Gasteiger partial charge in [-0.3, -0.25) is 4.79 Å². The lowest BCUT2D eigenvalue weighted by Gasteiger charge is -2.21. The average molecular weight is 374 g/mol. The van der Waals surface area contributed by atoms with Crippen LogP contribution >= 0.6 is 0 Å². The van der Waals surface area contributed by atoms with E-state index in [-0.39, 0.29) is 22.8 Å². The van der Waals surface area contributed by atoms with Crippen LogP contribution in [0.3, 0.4) is 0 Å². The molecule has 24 heavy (non-hydrogen) atoms. The van der Waals surface area contributed by atoms with Crippen LogP contribution in [0, 0.1) is 0 Å². The molecule has 7 nitrogen and oxygen atoms in total. The summed E-state index contributed by atoms with van der Waals surface area (Å²) in [6, 6.07) is 5.43. The molecule has 1 heterocycles. The van der Waals surface area contributed by atoms with E-state index in [9.17, 15) is 21.6 Å². The molecule has 1 saturated heterocycles. The number of hydrogen-bond acceptors (Lipinski definition) is 5. The molecular formula is C15H22N2O5S2. The minimum atomic E-state index is -3.65. The fraction of sp³-hybridized carbons (Fsp3) is 0.533. The first-order valence-electron chi connectivity index (χ1n) is 7.90. The van der Waals surface area contributed by atoms with Gasteiger partial charge in [0.25, 0.3) is 0 Å². The molecule has 1 aromatic carbocycles. The van der Waals surface area contributed by atoms with Gasteiger partial charge in [0.05, 0.1) is 16.3 Å². The Morgan fingerprint density at radius 3 is 2.04 bits per heavy atom. The van der Waals surface area contributed by atoms with Crippen molar-refractivity contribution in [3.8, 4) is 0 Å². The van der Waals surface area contributed by atoms with Gasteiger partial charge in [-0.15, -0.1) is 0 Å². The number of amides is 1. The van der Waals surface area contributed by atoms with Gasteiger partial charge in [-0.1, -0.05) is 13.8 Å². The van der Waals surface area contributed by atoms with E-state index in [0.717, 1.165) is 4.31 Å². The summed E-state index contributed by atoms with van der Waals surface area (Å²) in [7, 11) is -7.27. The van der Waals surface area contributed by atoms with Gasteiger partial charge in [0.2, 0.25) is 26.0 Å². The van der Waals surface area contributed by atoms with E-state index in [0.29, 0.717) is 25.9 Å². The first kappa shape index (κ1) is 18.9. The molecule has 0 radical (unpaired) electrons. The number of anilines is 1. The van der Waals surface area contributed by atoms with Crippen molar-refractivity contribution in [2.24, 2.45) is 0 Å². The minimum Gasteiger partial charge on any atom is -0.273 e. The summed E-state index contributed by atoms with van der Waals surface area (Å²) in [5.74, 6) is -0.712. The maximum Gasteiger partial charge on any atom is 0.243 e. The maximum atomic E-state index is 12.7. The van der Waals surface area contributed by atoms with Gasteiger partial charge in [0, 0.05) is 19.5 Å². The second kappa shape index (κ2) is 7.20. The molecule has 134 valence electrons. The van der Waals surface area contributed by atoms with E-state index >= 15 is 0 Å². The highest BCUT2D eigenvalue weighted by molar-refractivity contribution is 7.94. The lowest BCUT2D eigenvalue weighted by molar-refractivity contribution is -0.116. The summed E-state index contributed by atoms with van der Waals surface area (Å²) in [5.41, 5.74) is 0.175. The number of carbonyl (C=O) groups excluding carboxylic acids is 1. The Morgan fingerprint density at radius 2 is 1.62 bits per heavy atom. The van der Waals surface area contributed by atoms with Crippen LogP contribution in [0.4, 0.5) is 5.69 Å². The molecule has 0 unspecified atom stereocenters. The van der Waals surface area contributed by atoms with Crippen molar-refractivity contribution in [3.05, 3.63) is 24.3 Å². The van der Waals surface area contributed by atoms with Crippen molar-refractivity contribution in [2.75, 3.05) is 23.1 Å². The normalized spacial score (nSPS) is 17.6. The van der Waals surface area contributed by atoms with E-state index in [2.05, 4.69) is 0 Å². The van der Waals surface area contributed by atoms with E-state index in [1.54, 1.807) is 0 Å². The van der Waals surface area contributed by atoms with Gasteiger partial charge in [-0.05, 0) is 37.1 Å². The van der Waals surface area contributed by atoms with Crippen molar-refractivity contribution >= 4 is 31.6 Å². The summed E-state index contributed by atoms with van der Waals surface area (Å²) in [4.78, 5) is 11.9. The van der Waals surface area contributed by atoms with Crippen molar-refractivity contribution < 1.29 is 21.6 Å². The van der Waals surface area contributed by atoms with Crippen LogP contribution in [-0.4, -0.2) is 45.9 Å². The molecule has 0 spiro atoms. The summed E-state index contributed by atoms with van der Waals surface area (Å²) >= 11 is 0. The second-order valence-corrected chi connectivity index (χ2v) is 9.50. The summed E-state index contributed by atoms with van der Waals surface area (Å²) in [6.07, 6.45) is 1.36. The van der Waals surface area contributed by atoms with Gasteiger partial charge < -0.3 is 0 Å². The topological polar surface area (TPSA) is 91.8 Å². The number of hydrogen-bond donors (Lipinski definition) is 0. The Labute approximate surface area is 143 Å². The molecule has 9 heteroatoms. The van der Waals surface area contributed by atoms with Gasteiger partial charge >= 0.3 is 0 Å². The summed E-state index contributed by atoms with van der Waals surface area (Å²) in [6.45, 7) is 4.67. The molecule has 0 saturated carbocycles. The molecular weight excluding hydrogens is 352 g/mol. The highest BCUT2D eigenvalue weighted by Crippen LogP contribution is 2.27. The summed E-state index contributed by atoms with van der Waals surface area (Å²) in [5, 5.41) is 0. The van der Waals surface area contributed by atoms with Gasteiger partial charge in [0.1, 0.15) is 0 Å². The maximum absolute atomic E-state index is 12.7. The van der Waals surface area contributed by atoms with E-state index < -0.39 is 26.0 Å². The third-order valence-corrected chi connectivity index (χ3v) is 7.34. The minimum absolute atomic E-state index is 0.0524. The number of carbonyl (C=O) groups is 1. The third-order valence-electron chi connectivity index (χ3n) is 3.73. The molecule has 1 aromatic rings. The smallest absolute Gasteiger partial charge is 0.243 e. The Morgan fingerprint density at radius 1 is 1.08 bits per heavy atom. The molecule has 0 N–H and O–H groups in total. The summed E-state index contributed by atoms with van der Waals surface area (Å²) < 4.78 is 51.3. The monoisotopic (exact) mass is 374 g/mol. The highest BCUT2D eigenvalue weighted by Gasteiger charge is 2.36. The first-order valence-corrected chi connectivity index (χ1v) is 10.9. The van der Waals surface area contributed by atoms with Crippen molar-refractivity contribution in [2.45, 2.75) is 38.0 Å². The molecule has 0 aromatic heterocycles. The van der Waals surface area contributed by atoms with Crippen molar-refractivity contribution in [1.82, 2.24) is 4.31 Å². The quantitative estimate of drug-likeness (QED) is 0.722. The zero-order chi connectivity index (χ0) is 18.0. The van der Waals surface area contributed by atoms with E-state index in [1.807, 2.05) is 13.8 Å². The highest BCUT2D eigenvalue weighted by atomic mass is 32.2. The van der Waals surface area contributed by atoms with Crippen LogP contribution in [0.2, 0.25) is 0 Å². The first-order chi connectivity index (χ1) is 11.2. The molecule has 0 atom stereocenters. The van der Waals surface area contributed by atoms with Gasteiger partial charge in [-0.25, -0.2) is 21.1 Å². The molecule has 2 rings (SSSR count). The zero-order valence-corrected chi connectivity index (χ0v) is 15.4. The number of rotatable bonds is 7. The average Bonchev–Trinajstić information content (AvgIpc) is 2.80. The fourth-order valence-corrected chi connectivity index (χ4v) is 5.71. The Kier molecular flexibility index (Phi) is 5.67. The lowest BCUT2D eigenvalue weighted by Crippen LogP contribution is -2.32. The fourth-order valence-electron chi connectivity index (χ4n) is 2.62. The van der Waals surface area contributed by atoms with Gasteiger partial charge in [0.15, 0.2) is 0 Å². The van der Waals surface area contributed by atoms with Crippen LogP contribution in [0.5, 0.6) is 0 Å². The second-order valence-electron chi connectivity index (χ2n) is 5.62. The lowest BCUT2D eigenvalue weighted by atomic mass is 10.3. The van der Waals surface area contributed by atoms with Crippen LogP contribution < -0.4 is 4.31 Å². The van der Waals surface area contributed by atoms with E-state index in [4.69, 9.17) is 0 Å². The molecule has 0 aliphatic carbocycles. The molecule has 0 bridgehead atoms. The van der Waals surface area contributed by atoms with Crippen LogP contribution in [-0.2, 0) is 24.8 Å². The predicted octanol–water partition coefficient (Wildman–Crippen LogP) is 1.56. The van der Waals surface area contributed by atoms with Crippen LogP contribution in [0.15, 0.2) is 29.2 Å².